The maximum absolute atomic E-state index is 6.03. The van der Waals surface area contributed by atoms with E-state index in [4.69, 9.17) is 44.4 Å². The van der Waals surface area contributed by atoms with Crippen LogP contribution in [0.1, 0.15) is 19.8 Å². The Morgan fingerprint density at radius 2 is 2.11 bits per heavy atom. The second-order valence-corrected chi connectivity index (χ2v) is 5.89. The Hall–Kier alpha value is -0.260. The third-order valence-electron chi connectivity index (χ3n) is 3.27. The lowest BCUT2D eigenvalue weighted by Crippen LogP contribution is -2.45. The van der Waals surface area contributed by atoms with Crippen LogP contribution in [0, 0.1) is 0 Å². The van der Waals surface area contributed by atoms with Gasteiger partial charge in [-0.3, -0.25) is 0 Å². The third kappa shape index (κ3) is 3.26. The summed E-state index contributed by atoms with van der Waals surface area (Å²) in [5, 5.41) is 2.75. The van der Waals surface area contributed by atoms with E-state index in [1.165, 1.54) is 6.07 Å². The summed E-state index contributed by atoms with van der Waals surface area (Å²) in [4.78, 5) is 9.38. The summed E-state index contributed by atoms with van der Waals surface area (Å²) in [5.41, 5.74) is -0.189. The maximum atomic E-state index is 6.03. The zero-order valence-corrected chi connectivity index (χ0v) is 13.0. The minimum Gasteiger partial charge on any atom is -0.475 e. The van der Waals surface area contributed by atoms with E-state index in [0.717, 1.165) is 19.4 Å². The largest absolute Gasteiger partial charge is 0.475 e. The predicted molar refractivity (Wildman–Crippen MR) is 76.1 cm³/mol. The first kappa shape index (κ1) is 15.1. The van der Waals surface area contributed by atoms with Crippen LogP contribution >= 0.6 is 34.8 Å². The maximum Gasteiger partial charge on any atom is 0.234 e. The molecule has 1 aromatic rings. The second-order valence-electron chi connectivity index (χ2n) is 4.72. The number of ether oxygens (including phenoxy) is 1. The minimum absolute atomic E-state index is 0.182. The summed E-state index contributed by atoms with van der Waals surface area (Å²) in [6.07, 6.45) is 2.05. The van der Waals surface area contributed by atoms with Gasteiger partial charge in [-0.25, -0.2) is 0 Å². The van der Waals surface area contributed by atoms with Gasteiger partial charge in [0.05, 0.1) is 17.7 Å². The Morgan fingerprint density at radius 3 is 2.79 bits per heavy atom. The summed E-state index contributed by atoms with van der Waals surface area (Å²) in [6.45, 7) is 3.39. The van der Waals surface area contributed by atoms with Gasteiger partial charge in [0.25, 0.3) is 0 Å². The number of hydroxylamine groups is 2. The molecule has 1 saturated heterocycles. The molecule has 0 radical (unpaired) electrons. The fourth-order valence-corrected chi connectivity index (χ4v) is 2.75. The van der Waals surface area contributed by atoms with Crippen molar-refractivity contribution in [1.82, 2.24) is 10.0 Å². The van der Waals surface area contributed by atoms with Crippen LogP contribution in [0.2, 0.25) is 15.2 Å². The van der Waals surface area contributed by atoms with Crippen LogP contribution in [0.25, 0.3) is 0 Å². The Balaban J connectivity index is 2.08. The highest BCUT2D eigenvalue weighted by Crippen LogP contribution is 2.33. The van der Waals surface area contributed by atoms with E-state index in [-0.39, 0.29) is 10.7 Å². The fraction of sp³-hybridized carbons (Fsp3) is 0.583. The Labute approximate surface area is 127 Å². The molecule has 4 nitrogen and oxygen atoms in total. The number of aromatic nitrogens is 1. The molecule has 1 aliphatic heterocycles. The predicted octanol–water partition coefficient (Wildman–Crippen LogP) is 3.84. The van der Waals surface area contributed by atoms with Crippen LogP contribution < -0.4 is 4.74 Å². The van der Waals surface area contributed by atoms with Crippen LogP contribution in [0.15, 0.2) is 6.07 Å². The van der Waals surface area contributed by atoms with Crippen molar-refractivity contribution in [2.45, 2.75) is 25.3 Å². The Morgan fingerprint density at radius 1 is 1.37 bits per heavy atom. The Bertz CT molecular complexity index is 473. The number of hydrogen-bond acceptors (Lipinski definition) is 4. The molecular weight excluding hydrogens is 311 g/mol. The summed E-state index contributed by atoms with van der Waals surface area (Å²) in [6, 6.07) is 1.53. The zero-order chi connectivity index (χ0) is 14.0. The van der Waals surface area contributed by atoms with Crippen molar-refractivity contribution in [2.24, 2.45) is 0 Å². The quantitative estimate of drug-likeness (QED) is 0.788. The molecule has 0 spiro atoms. The molecule has 2 rings (SSSR count). The van der Waals surface area contributed by atoms with Crippen molar-refractivity contribution in [1.29, 1.82) is 0 Å². The van der Waals surface area contributed by atoms with E-state index in [1.54, 1.807) is 7.11 Å². The molecule has 0 saturated carbocycles. The molecular formula is C12H15Cl3N2O2. The van der Waals surface area contributed by atoms with Gasteiger partial charge < -0.3 is 9.57 Å². The van der Waals surface area contributed by atoms with Crippen LogP contribution in [-0.2, 0) is 4.84 Å². The Kier molecular flexibility index (Phi) is 4.79. The van der Waals surface area contributed by atoms with E-state index in [1.807, 2.05) is 5.06 Å². The number of pyridine rings is 1. The molecule has 1 unspecified atom stereocenters. The second kappa shape index (κ2) is 6.02. The first-order valence-corrected chi connectivity index (χ1v) is 7.06. The summed E-state index contributed by atoms with van der Waals surface area (Å²) < 4.78 is 5.68. The van der Waals surface area contributed by atoms with E-state index < -0.39 is 0 Å². The topological polar surface area (TPSA) is 34.6 Å². The minimum atomic E-state index is -0.189. The van der Waals surface area contributed by atoms with Gasteiger partial charge in [0.15, 0.2) is 5.15 Å². The van der Waals surface area contributed by atoms with Crippen molar-refractivity contribution in [3.8, 4) is 5.88 Å². The van der Waals surface area contributed by atoms with Crippen LogP contribution in [-0.4, -0.2) is 35.8 Å². The van der Waals surface area contributed by atoms with Gasteiger partial charge in [-0.2, -0.15) is 10.0 Å². The smallest absolute Gasteiger partial charge is 0.234 e. The van der Waals surface area contributed by atoms with Crippen molar-refractivity contribution < 1.29 is 9.57 Å². The molecule has 1 aromatic heterocycles. The molecule has 0 bridgehead atoms. The van der Waals surface area contributed by atoms with Gasteiger partial charge in [0.1, 0.15) is 11.6 Å². The van der Waals surface area contributed by atoms with E-state index in [2.05, 4.69) is 11.9 Å². The van der Waals surface area contributed by atoms with Crippen molar-refractivity contribution in [2.75, 3.05) is 20.3 Å². The molecule has 19 heavy (non-hydrogen) atoms. The van der Waals surface area contributed by atoms with Gasteiger partial charge in [-0.05, 0) is 25.8 Å². The molecule has 1 atom stereocenters. The monoisotopic (exact) mass is 324 g/mol. The number of nitrogens with zero attached hydrogens (tertiary/aromatic N) is 2. The first-order valence-electron chi connectivity index (χ1n) is 5.92. The molecule has 0 amide bonds. The van der Waals surface area contributed by atoms with Crippen molar-refractivity contribution in [3.63, 3.8) is 0 Å². The molecule has 0 aromatic carbocycles. The van der Waals surface area contributed by atoms with Gasteiger partial charge in [0.2, 0.25) is 5.88 Å². The van der Waals surface area contributed by atoms with E-state index in [0.29, 0.717) is 22.5 Å². The third-order valence-corrected chi connectivity index (χ3v) is 4.22. The lowest BCUT2D eigenvalue weighted by atomic mass is 10.0. The van der Waals surface area contributed by atoms with Gasteiger partial charge in [-0.15, -0.1) is 0 Å². The molecule has 7 heteroatoms. The standard InChI is InChI=1S/C12H15Cl3N2O2/c1-12(4-3-5-17(12)18-2)7-19-11-9(14)6-8(13)10(15)16-11/h6H,3-5,7H2,1-2H3. The lowest BCUT2D eigenvalue weighted by Gasteiger charge is -2.32. The number of halogens is 3. The molecule has 2 heterocycles. The van der Waals surface area contributed by atoms with Gasteiger partial charge in [-0.1, -0.05) is 34.8 Å². The highest BCUT2D eigenvalue weighted by Gasteiger charge is 2.38. The van der Waals surface area contributed by atoms with Crippen LogP contribution in [0.5, 0.6) is 5.88 Å². The summed E-state index contributed by atoms with van der Waals surface area (Å²) in [7, 11) is 1.66. The SMILES string of the molecule is CON1CCCC1(C)COc1nc(Cl)c(Cl)cc1Cl. The van der Waals surface area contributed by atoms with E-state index in [9.17, 15) is 0 Å². The number of rotatable bonds is 4. The lowest BCUT2D eigenvalue weighted by molar-refractivity contribution is -0.183. The van der Waals surface area contributed by atoms with Gasteiger partial charge in [0, 0.05) is 6.54 Å². The highest BCUT2D eigenvalue weighted by atomic mass is 35.5. The average molecular weight is 326 g/mol. The average Bonchev–Trinajstić information content (AvgIpc) is 2.74. The van der Waals surface area contributed by atoms with E-state index >= 15 is 0 Å². The molecule has 1 fully saturated rings. The molecule has 0 aliphatic carbocycles. The molecule has 0 N–H and O–H groups in total. The fourth-order valence-electron chi connectivity index (χ4n) is 2.21. The van der Waals surface area contributed by atoms with Crippen molar-refractivity contribution in [3.05, 3.63) is 21.3 Å². The normalized spacial score (nSPS) is 23.8. The number of hydrogen-bond donors (Lipinski definition) is 0. The van der Waals surface area contributed by atoms with Gasteiger partial charge >= 0.3 is 0 Å². The molecule has 106 valence electrons. The molecule has 1 aliphatic rings. The first-order chi connectivity index (χ1) is 8.96. The van der Waals surface area contributed by atoms with Crippen molar-refractivity contribution >= 4 is 34.8 Å². The van der Waals surface area contributed by atoms with Crippen LogP contribution in [0.3, 0.4) is 0 Å². The zero-order valence-electron chi connectivity index (χ0n) is 10.8. The summed E-state index contributed by atoms with van der Waals surface area (Å²) in [5.74, 6) is 0.292. The van der Waals surface area contributed by atoms with Crippen LogP contribution in [0.4, 0.5) is 0 Å². The highest BCUT2D eigenvalue weighted by molar-refractivity contribution is 6.42. The summed E-state index contributed by atoms with van der Waals surface area (Å²) >= 11 is 17.7.